The topological polar surface area (TPSA) is 89.6 Å². The number of nitrogens with one attached hydrogen (secondary N) is 1. The third-order valence-corrected chi connectivity index (χ3v) is 4.48. The lowest BCUT2D eigenvalue weighted by atomic mass is 10.1. The van der Waals surface area contributed by atoms with Gasteiger partial charge in [-0.05, 0) is 30.9 Å². The number of nitrogens with two attached hydrogens (primary N) is 1. The number of H-pyrrole nitrogens is 1. The number of benzene rings is 1. The SMILES string of the molecule is NC(c1nc2ccc(F)c(Cl)c2c(=O)n1-c1ccn[nH]1)C1CC1. The van der Waals surface area contributed by atoms with Crippen molar-refractivity contribution in [3.63, 3.8) is 0 Å². The van der Waals surface area contributed by atoms with Crippen LogP contribution in [0.5, 0.6) is 0 Å². The van der Waals surface area contributed by atoms with E-state index in [0.717, 1.165) is 12.8 Å². The summed E-state index contributed by atoms with van der Waals surface area (Å²) in [5.74, 6) is 0.491. The van der Waals surface area contributed by atoms with Crippen molar-refractivity contribution in [3.8, 4) is 5.82 Å². The maximum atomic E-state index is 13.7. The van der Waals surface area contributed by atoms with Crippen LogP contribution in [0.2, 0.25) is 5.02 Å². The Morgan fingerprint density at radius 1 is 1.39 bits per heavy atom. The molecular weight excluding hydrogens is 321 g/mol. The molecule has 8 heteroatoms. The summed E-state index contributed by atoms with van der Waals surface area (Å²) in [7, 11) is 0. The van der Waals surface area contributed by atoms with E-state index in [2.05, 4.69) is 15.2 Å². The minimum Gasteiger partial charge on any atom is -0.321 e. The average Bonchev–Trinajstić information content (AvgIpc) is 3.25. The molecule has 2 heterocycles. The molecular formula is C15H13ClFN5O. The molecule has 0 amide bonds. The minimum absolute atomic E-state index is 0.0352. The van der Waals surface area contributed by atoms with Crippen LogP contribution in [0.1, 0.15) is 24.7 Å². The molecule has 1 saturated carbocycles. The molecule has 0 bridgehead atoms. The fraction of sp³-hybridized carbons (Fsp3) is 0.267. The summed E-state index contributed by atoms with van der Waals surface area (Å²) in [4.78, 5) is 17.4. The standard InChI is InChI=1S/C15H13ClFN5O/c16-12-8(17)3-4-9-11(12)15(23)22(10-5-6-19-21-10)14(20-9)13(18)7-1-2-7/h3-7,13H,1-2,18H2,(H,19,21). The molecule has 3 N–H and O–H groups in total. The number of halogens is 2. The van der Waals surface area contributed by atoms with Crippen molar-refractivity contribution < 1.29 is 4.39 Å². The Morgan fingerprint density at radius 2 is 2.17 bits per heavy atom. The molecule has 1 aromatic carbocycles. The highest BCUT2D eigenvalue weighted by atomic mass is 35.5. The summed E-state index contributed by atoms with van der Waals surface area (Å²) in [5, 5.41) is 6.39. The number of aromatic nitrogens is 4. The first-order valence-corrected chi connectivity index (χ1v) is 7.61. The van der Waals surface area contributed by atoms with Crippen LogP contribution in [0.15, 0.2) is 29.2 Å². The van der Waals surface area contributed by atoms with Gasteiger partial charge in [0.15, 0.2) is 0 Å². The van der Waals surface area contributed by atoms with Crippen LogP contribution in [0.4, 0.5) is 4.39 Å². The summed E-state index contributed by atoms with van der Waals surface area (Å²) in [5.41, 5.74) is 6.14. The van der Waals surface area contributed by atoms with Crippen molar-refractivity contribution in [2.75, 3.05) is 0 Å². The van der Waals surface area contributed by atoms with E-state index in [1.54, 1.807) is 6.07 Å². The van der Waals surface area contributed by atoms with Crippen molar-refractivity contribution in [3.05, 3.63) is 51.4 Å². The molecule has 1 unspecified atom stereocenters. The Bertz CT molecular complexity index is 949. The van der Waals surface area contributed by atoms with Gasteiger partial charge in [0.25, 0.3) is 5.56 Å². The van der Waals surface area contributed by atoms with Gasteiger partial charge in [-0.2, -0.15) is 5.10 Å². The summed E-state index contributed by atoms with van der Waals surface area (Å²) < 4.78 is 15.1. The minimum atomic E-state index is -0.659. The van der Waals surface area contributed by atoms with Crippen LogP contribution in [0.25, 0.3) is 16.7 Å². The molecule has 6 nitrogen and oxygen atoms in total. The summed E-state index contributed by atoms with van der Waals surface area (Å²) in [6.07, 6.45) is 3.52. The normalized spacial score (nSPS) is 16.0. The molecule has 0 spiro atoms. The Balaban J connectivity index is 2.09. The van der Waals surface area contributed by atoms with Crippen LogP contribution in [0.3, 0.4) is 0 Å². The average molecular weight is 334 g/mol. The van der Waals surface area contributed by atoms with E-state index in [1.807, 2.05) is 0 Å². The maximum Gasteiger partial charge on any atom is 0.268 e. The van der Waals surface area contributed by atoms with E-state index >= 15 is 0 Å². The van der Waals surface area contributed by atoms with Gasteiger partial charge >= 0.3 is 0 Å². The smallest absolute Gasteiger partial charge is 0.268 e. The number of hydrogen-bond donors (Lipinski definition) is 2. The lowest BCUT2D eigenvalue weighted by Crippen LogP contribution is -2.30. The first kappa shape index (κ1) is 14.3. The predicted octanol–water partition coefficient (Wildman–Crippen LogP) is 2.31. The molecule has 2 aromatic heterocycles. The molecule has 4 rings (SSSR count). The molecule has 118 valence electrons. The van der Waals surface area contributed by atoms with Gasteiger partial charge in [-0.15, -0.1) is 0 Å². The second-order valence-corrected chi connectivity index (χ2v) is 6.05. The molecule has 1 aliphatic rings. The van der Waals surface area contributed by atoms with Gasteiger partial charge < -0.3 is 5.73 Å². The Kier molecular flexibility index (Phi) is 3.21. The van der Waals surface area contributed by atoms with Crippen LogP contribution < -0.4 is 11.3 Å². The fourth-order valence-electron chi connectivity index (χ4n) is 2.72. The third-order valence-electron chi connectivity index (χ3n) is 4.11. The number of fused-ring (bicyclic) bond motifs is 1. The molecule has 23 heavy (non-hydrogen) atoms. The summed E-state index contributed by atoms with van der Waals surface area (Å²) in [6, 6.07) is 3.90. The number of hydrogen-bond acceptors (Lipinski definition) is 4. The van der Waals surface area contributed by atoms with E-state index in [1.165, 1.54) is 22.9 Å². The lowest BCUT2D eigenvalue weighted by Gasteiger charge is -2.17. The van der Waals surface area contributed by atoms with E-state index in [9.17, 15) is 9.18 Å². The van der Waals surface area contributed by atoms with Gasteiger partial charge in [-0.3, -0.25) is 9.89 Å². The Hall–Kier alpha value is -2.25. The second kappa shape index (κ2) is 5.14. The van der Waals surface area contributed by atoms with Crippen LogP contribution in [-0.2, 0) is 0 Å². The van der Waals surface area contributed by atoms with Crippen LogP contribution in [-0.4, -0.2) is 19.7 Å². The zero-order valence-corrected chi connectivity index (χ0v) is 12.7. The van der Waals surface area contributed by atoms with Crippen molar-refractivity contribution >= 4 is 22.5 Å². The van der Waals surface area contributed by atoms with Crippen molar-refractivity contribution in [2.24, 2.45) is 11.7 Å². The van der Waals surface area contributed by atoms with Crippen molar-refractivity contribution in [1.29, 1.82) is 0 Å². The molecule has 3 aromatic rings. The van der Waals surface area contributed by atoms with Gasteiger partial charge in [0.05, 0.1) is 28.2 Å². The van der Waals surface area contributed by atoms with E-state index < -0.39 is 11.4 Å². The highest BCUT2D eigenvalue weighted by Crippen LogP contribution is 2.39. The molecule has 0 saturated heterocycles. The lowest BCUT2D eigenvalue weighted by molar-refractivity contribution is 0.570. The fourth-order valence-corrected chi connectivity index (χ4v) is 2.96. The third kappa shape index (κ3) is 2.24. The molecule has 1 aliphatic carbocycles. The highest BCUT2D eigenvalue weighted by Gasteiger charge is 2.33. The van der Waals surface area contributed by atoms with E-state index in [0.29, 0.717) is 23.1 Å². The summed E-state index contributed by atoms with van der Waals surface area (Å²) in [6.45, 7) is 0. The van der Waals surface area contributed by atoms with Gasteiger partial charge in [-0.25, -0.2) is 13.9 Å². The van der Waals surface area contributed by atoms with Gasteiger partial charge in [-0.1, -0.05) is 11.6 Å². The molecule has 1 fully saturated rings. The van der Waals surface area contributed by atoms with E-state index in [-0.39, 0.29) is 16.5 Å². The number of rotatable bonds is 3. The number of aromatic amines is 1. The maximum absolute atomic E-state index is 13.7. The summed E-state index contributed by atoms with van der Waals surface area (Å²) >= 11 is 5.99. The van der Waals surface area contributed by atoms with E-state index in [4.69, 9.17) is 17.3 Å². The number of nitrogens with zero attached hydrogens (tertiary/aromatic N) is 3. The van der Waals surface area contributed by atoms with Gasteiger partial charge in [0.1, 0.15) is 17.5 Å². The zero-order valence-electron chi connectivity index (χ0n) is 12.0. The molecule has 1 atom stereocenters. The first-order valence-electron chi connectivity index (χ1n) is 7.24. The largest absolute Gasteiger partial charge is 0.321 e. The van der Waals surface area contributed by atoms with Gasteiger partial charge in [0.2, 0.25) is 0 Å². The highest BCUT2D eigenvalue weighted by molar-refractivity contribution is 6.35. The van der Waals surface area contributed by atoms with Crippen LogP contribution >= 0.6 is 11.6 Å². The van der Waals surface area contributed by atoms with Crippen LogP contribution in [0, 0.1) is 11.7 Å². The predicted molar refractivity (Wildman–Crippen MR) is 84.1 cm³/mol. The van der Waals surface area contributed by atoms with Crippen molar-refractivity contribution in [1.82, 2.24) is 19.7 Å². The van der Waals surface area contributed by atoms with Gasteiger partial charge in [0, 0.05) is 6.07 Å². The quantitative estimate of drug-likeness (QED) is 0.769. The first-order chi connectivity index (χ1) is 11.1. The Morgan fingerprint density at radius 3 is 2.83 bits per heavy atom. The monoisotopic (exact) mass is 333 g/mol. The molecule has 0 radical (unpaired) electrons. The Labute approximate surface area is 135 Å². The van der Waals surface area contributed by atoms with Crippen molar-refractivity contribution in [2.45, 2.75) is 18.9 Å². The zero-order chi connectivity index (χ0) is 16.1. The molecule has 0 aliphatic heterocycles. The second-order valence-electron chi connectivity index (χ2n) is 5.67.